The fourth-order valence-corrected chi connectivity index (χ4v) is 6.57. The van der Waals surface area contributed by atoms with Crippen LogP contribution in [-0.2, 0) is 4.74 Å². The molecule has 3 aliphatic rings. The van der Waals surface area contributed by atoms with Gasteiger partial charge in [-0.25, -0.2) is 0 Å². The number of ether oxygens (including phenoxy) is 1. The Kier molecular flexibility index (Phi) is 3.71. The van der Waals surface area contributed by atoms with Gasteiger partial charge in [0.15, 0.2) is 0 Å². The Hall–Kier alpha value is -0.0400. The highest BCUT2D eigenvalue weighted by atomic mass is 16.5. The summed E-state index contributed by atoms with van der Waals surface area (Å²) in [6.07, 6.45) is 9.86. The molecule has 6 unspecified atom stereocenters. The fourth-order valence-electron chi connectivity index (χ4n) is 6.57. The van der Waals surface area contributed by atoms with Crippen molar-refractivity contribution in [3.8, 4) is 0 Å². The molecular weight excluding hydrogens is 232 g/mol. The summed E-state index contributed by atoms with van der Waals surface area (Å²) >= 11 is 0. The van der Waals surface area contributed by atoms with Crippen LogP contribution in [0.5, 0.6) is 0 Å². The van der Waals surface area contributed by atoms with Crippen molar-refractivity contribution in [1.29, 1.82) is 0 Å². The van der Waals surface area contributed by atoms with Crippen LogP contribution in [0.4, 0.5) is 0 Å². The lowest BCUT2D eigenvalue weighted by atomic mass is 9.66. The van der Waals surface area contributed by atoms with Crippen molar-refractivity contribution < 1.29 is 4.74 Å². The van der Waals surface area contributed by atoms with Gasteiger partial charge in [-0.2, -0.15) is 0 Å². The van der Waals surface area contributed by atoms with Gasteiger partial charge in [-0.15, -0.1) is 0 Å². The van der Waals surface area contributed by atoms with Crippen LogP contribution in [0.2, 0.25) is 0 Å². The topological polar surface area (TPSA) is 9.23 Å². The van der Waals surface area contributed by atoms with Crippen LogP contribution in [0.15, 0.2) is 0 Å². The van der Waals surface area contributed by atoms with Gasteiger partial charge in [0.25, 0.3) is 0 Å². The lowest BCUT2D eigenvalue weighted by molar-refractivity contribution is -0.0937. The van der Waals surface area contributed by atoms with Crippen molar-refractivity contribution in [2.24, 2.45) is 35.5 Å². The van der Waals surface area contributed by atoms with E-state index in [1.165, 1.54) is 44.9 Å². The lowest BCUT2D eigenvalue weighted by Gasteiger charge is -2.44. The Labute approximate surface area is 119 Å². The average Bonchev–Trinajstić information content (AvgIpc) is 3.12. The Morgan fingerprint density at radius 2 is 1.74 bits per heavy atom. The molecule has 3 aliphatic carbocycles. The quantitative estimate of drug-likeness (QED) is 0.686. The molecule has 0 aromatic rings. The highest BCUT2D eigenvalue weighted by Crippen LogP contribution is 2.65. The molecule has 3 saturated carbocycles. The number of hydrogen-bond donors (Lipinski definition) is 0. The van der Waals surface area contributed by atoms with Crippen LogP contribution < -0.4 is 0 Å². The minimum absolute atomic E-state index is 0.189. The van der Waals surface area contributed by atoms with Gasteiger partial charge < -0.3 is 4.74 Å². The highest BCUT2D eigenvalue weighted by Gasteiger charge is 2.60. The molecule has 3 rings (SSSR count). The Bertz CT molecular complexity index is 311. The van der Waals surface area contributed by atoms with Crippen LogP contribution in [0.3, 0.4) is 0 Å². The van der Waals surface area contributed by atoms with Gasteiger partial charge in [-0.05, 0) is 74.0 Å². The molecule has 6 atom stereocenters. The van der Waals surface area contributed by atoms with E-state index in [4.69, 9.17) is 4.74 Å². The monoisotopic (exact) mass is 264 g/mol. The number of hydrogen-bond acceptors (Lipinski definition) is 1. The average molecular weight is 264 g/mol. The largest absolute Gasteiger partial charge is 0.378 e. The molecule has 110 valence electrons. The molecule has 0 radical (unpaired) electrons. The highest BCUT2D eigenvalue weighted by molar-refractivity contribution is 5.09. The van der Waals surface area contributed by atoms with E-state index in [9.17, 15) is 0 Å². The lowest BCUT2D eigenvalue weighted by Crippen LogP contribution is -2.44. The van der Waals surface area contributed by atoms with Gasteiger partial charge >= 0.3 is 0 Å². The SMILES string of the molecule is CCC1CCC2C3CC(CC3C(CC)(CC)OC)C12. The number of methoxy groups -OCH3 is 1. The Balaban J connectivity index is 1.80. The van der Waals surface area contributed by atoms with Crippen molar-refractivity contribution >= 4 is 0 Å². The summed E-state index contributed by atoms with van der Waals surface area (Å²) in [6, 6.07) is 0. The Morgan fingerprint density at radius 3 is 2.32 bits per heavy atom. The first-order valence-electron chi connectivity index (χ1n) is 8.75. The molecule has 0 heterocycles. The van der Waals surface area contributed by atoms with Crippen molar-refractivity contribution in [2.75, 3.05) is 7.11 Å². The zero-order valence-electron chi connectivity index (χ0n) is 13.3. The van der Waals surface area contributed by atoms with Crippen molar-refractivity contribution in [1.82, 2.24) is 0 Å². The van der Waals surface area contributed by atoms with E-state index in [1.54, 1.807) is 0 Å². The van der Waals surface area contributed by atoms with Gasteiger partial charge in [-0.1, -0.05) is 27.2 Å². The summed E-state index contributed by atoms with van der Waals surface area (Å²) < 4.78 is 6.07. The summed E-state index contributed by atoms with van der Waals surface area (Å²) in [5.74, 6) is 6.10. The first kappa shape index (κ1) is 13.9. The van der Waals surface area contributed by atoms with Crippen LogP contribution in [-0.4, -0.2) is 12.7 Å². The van der Waals surface area contributed by atoms with Gasteiger partial charge in [-0.3, -0.25) is 0 Å². The summed E-state index contributed by atoms with van der Waals surface area (Å²) in [5, 5.41) is 0. The van der Waals surface area contributed by atoms with Gasteiger partial charge in [0.2, 0.25) is 0 Å². The number of rotatable bonds is 5. The molecule has 1 heteroatoms. The maximum absolute atomic E-state index is 6.07. The molecule has 19 heavy (non-hydrogen) atoms. The van der Waals surface area contributed by atoms with Crippen molar-refractivity contribution in [3.05, 3.63) is 0 Å². The number of fused-ring (bicyclic) bond motifs is 5. The molecule has 0 aliphatic heterocycles. The maximum Gasteiger partial charge on any atom is 0.0704 e. The molecule has 0 N–H and O–H groups in total. The van der Waals surface area contributed by atoms with Crippen LogP contribution in [0.25, 0.3) is 0 Å². The van der Waals surface area contributed by atoms with Gasteiger partial charge in [0.05, 0.1) is 5.60 Å². The minimum Gasteiger partial charge on any atom is -0.378 e. The van der Waals surface area contributed by atoms with Gasteiger partial charge in [0, 0.05) is 7.11 Å². The maximum atomic E-state index is 6.07. The standard InChI is InChI=1S/C18H32O/c1-5-12-8-9-14-15-10-13(17(12)14)11-16(15)18(6-2,7-3)19-4/h12-17H,5-11H2,1-4H3. The second-order valence-electron chi connectivity index (χ2n) is 7.46. The van der Waals surface area contributed by atoms with Crippen molar-refractivity contribution in [2.45, 2.75) is 71.3 Å². The first-order valence-corrected chi connectivity index (χ1v) is 8.75. The second-order valence-corrected chi connectivity index (χ2v) is 7.46. The predicted octanol–water partition coefficient (Wildman–Crippen LogP) is 4.90. The first-order chi connectivity index (χ1) is 9.20. The third-order valence-electron chi connectivity index (χ3n) is 7.46. The van der Waals surface area contributed by atoms with E-state index in [-0.39, 0.29) is 5.60 Å². The van der Waals surface area contributed by atoms with E-state index in [0.29, 0.717) is 0 Å². The minimum atomic E-state index is 0.189. The molecule has 0 aromatic heterocycles. The summed E-state index contributed by atoms with van der Waals surface area (Å²) in [6.45, 7) is 7.08. The zero-order valence-corrected chi connectivity index (χ0v) is 13.3. The third kappa shape index (κ3) is 1.83. The van der Waals surface area contributed by atoms with Crippen LogP contribution >= 0.6 is 0 Å². The van der Waals surface area contributed by atoms with Crippen LogP contribution in [0, 0.1) is 35.5 Å². The van der Waals surface area contributed by atoms with E-state index in [1.807, 2.05) is 7.11 Å². The van der Waals surface area contributed by atoms with Gasteiger partial charge in [0.1, 0.15) is 0 Å². The normalized spacial score (nSPS) is 44.8. The van der Waals surface area contributed by atoms with E-state index < -0.39 is 0 Å². The molecule has 0 aromatic carbocycles. The molecule has 1 nitrogen and oxygen atoms in total. The Morgan fingerprint density at radius 1 is 1.00 bits per heavy atom. The fraction of sp³-hybridized carbons (Fsp3) is 1.00. The third-order valence-corrected chi connectivity index (χ3v) is 7.46. The smallest absolute Gasteiger partial charge is 0.0704 e. The van der Waals surface area contributed by atoms with E-state index in [0.717, 1.165) is 35.5 Å². The van der Waals surface area contributed by atoms with Crippen LogP contribution in [0.1, 0.15) is 65.7 Å². The van der Waals surface area contributed by atoms with E-state index >= 15 is 0 Å². The molecule has 0 amide bonds. The molecule has 2 bridgehead atoms. The summed E-state index contributed by atoms with van der Waals surface area (Å²) in [7, 11) is 1.96. The molecular formula is C18H32O. The van der Waals surface area contributed by atoms with E-state index in [2.05, 4.69) is 20.8 Å². The molecule has 3 fully saturated rings. The second kappa shape index (κ2) is 5.06. The molecule has 0 spiro atoms. The molecule has 0 saturated heterocycles. The summed E-state index contributed by atoms with van der Waals surface area (Å²) in [5.41, 5.74) is 0.189. The van der Waals surface area contributed by atoms with Crippen molar-refractivity contribution in [3.63, 3.8) is 0 Å². The summed E-state index contributed by atoms with van der Waals surface area (Å²) in [4.78, 5) is 0. The zero-order chi connectivity index (χ0) is 13.6. The predicted molar refractivity (Wildman–Crippen MR) is 80.0 cm³/mol.